The first-order valence-electron chi connectivity index (χ1n) is 9.79. The van der Waals surface area contributed by atoms with Gasteiger partial charge in [0.25, 0.3) is 5.91 Å². The highest BCUT2D eigenvalue weighted by Gasteiger charge is 2.36. The molecule has 2 fully saturated rings. The van der Waals surface area contributed by atoms with E-state index in [4.69, 9.17) is 11.6 Å². The lowest BCUT2D eigenvalue weighted by Gasteiger charge is -2.43. The van der Waals surface area contributed by atoms with Crippen LogP contribution in [-0.2, 0) is 14.8 Å². The third-order valence-electron chi connectivity index (χ3n) is 5.79. The van der Waals surface area contributed by atoms with Gasteiger partial charge in [-0.15, -0.1) is 0 Å². The van der Waals surface area contributed by atoms with E-state index in [0.29, 0.717) is 17.6 Å². The van der Waals surface area contributed by atoms with Crippen LogP contribution < -0.4 is 5.32 Å². The van der Waals surface area contributed by atoms with E-state index >= 15 is 0 Å². The SMILES string of the molecule is CN(C1CCNCC1)N1CCN(S(=O)(=O)c2ccc3cc(Cl)ccc3c2)CC1=O. The molecule has 2 aromatic rings. The van der Waals surface area contributed by atoms with Crippen LogP contribution in [0.4, 0.5) is 0 Å². The summed E-state index contributed by atoms with van der Waals surface area (Å²) in [4.78, 5) is 13.0. The molecule has 156 valence electrons. The fourth-order valence-corrected chi connectivity index (χ4v) is 5.66. The van der Waals surface area contributed by atoms with Crippen LogP contribution in [0.15, 0.2) is 41.3 Å². The highest BCUT2D eigenvalue weighted by Crippen LogP contribution is 2.26. The number of rotatable bonds is 4. The van der Waals surface area contributed by atoms with Gasteiger partial charge >= 0.3 is 0 Å². The van der Waals surface area contributed by atoms with E-state index < -0.39 is 10.0 Å². The molecule has 2 aliphatic heterocycles. The van der Waals surface area contributed by atoms with Crippen molar-refractivity contribution in [2.45, 2.75) is 23.8 Å². The summed E-state index contributed by atoms with van der Waals surface area (Å²) in [6.07, 6.45) is 1.95. The molecule has 0 unspecified atom stereocenters. The van der Waals surface area contributed by atoms with Crippen LogP contribution in [0.2, 0.25) is 5.02 Å². The van der Waals surface area contributed by atoms with E-state index in [2.05, 4.69) is 5.32 Å². The molecular weight excluding hydrogens is 412 g/mol. The van der Waals surface area contributed by atoms with Crippen LogP contribution in [0.5, 0.6) is 0 Å². The van der Waals surface area contributed by atoms with Gasteiger partial charge in [0.15, 0.2) is 0 Å². The minimum absolute atomic E-state index is 0.143. The van der Waals surface area contributed by atoms with Crippen molar-refractivity contribution in [1.82, 2.24) is 19.6 Å². The molecule has 0 spiro atoms. The Morgan fingerprint density at radius 1 is 1.07 bits per heavy atom. The molecule has 0 radical (unpaired) electrons. The van der Waals surface area contributed by atoms with E-state index in [1.54, 1.807) is 41.4 Å². The Bertz CT molecular complexity index is 1020. The molecule has 0 saturated carbocycles. The number of piperazine rings is 1. The number of nitrogens with one attached hydrogen (secondary N) is 1. The van der Waals surface area contributed by atoms with E-state index in [9.17, 15) is 13.2 Å². The smallest absolute Gasteiger partial charge is 0.252 e. The molecule has 0 bridgehead atoms. The first kappa shape index (κ1) is 20.6. The Balaban J connectivity index is 1.50. The summed E-state index contributed by atoms with van der Waals surface area (Å²) in [7, 11) is -1.82. The molecule has 0 aliphatic carbocycles. The molecule has 2 aromatic carbocycles. The van der Waals surface area contributed by atoms with Crippen molar-refractivity contribution >= 4 is 38.3 Å². The standard InChI is InChI=1S/C20H25ClN4O3S/c1-23(18-6-8-22-9-7-18)25-11-10-24(14-20(25)26)29(27,28)19-5-3-15-12-17(21)4-2-16(15)13-19/h2-5,12-13,18,22H,6-11,14H2,1H3. The summed E-state index contributed by atoms with van der Waals surface area (Å²) >= 11 is 6.01. The normalized spacial score (nSPS) is 20.0. The number of nitrogens with zero attached hydrogens (tertiary/aromatic N) is 3. The van der Waals surface area contributed by atoms with Gasteiger partial charge in [-0.05, 0) is 61.0 Å². The van der Waals surface area contributed by atoms with Crippen LogP contribution >= 0.6 is 11.6 Å². The Kier molecular flexibility index (Phi) is 5.81. The fourth-order valence-electron chi connectivity index (χ4n) is 4.06. The van der Waals surface area contributed by atoms with Gasteiger partial charge in [-0.3, -0.25) is 9.80 Å². The monoisotopic (exact) mass is 436 g/mol. The highest BCUT2D eigenvalue weighted by atomic mass is 35.5. The Morgan fingerprint density at radius 2 is 1.76 bits per heavy atom. The molecule has 0 aromatic heterocycles. The molecule has 1 amide bonds. The summed E-state index contributed by atoms with van der Waals surface area (Å²) in [6.45, 7) is 2.37. The van der Waals surface area contributed by atoms with Gasteiger partial charge in [0.2, 0.25) is 10.0 Å². The third kappa shape index (κ3) is 4.13. The zero-order valence-electron chi connectivity index (χ0n) is 16.3. The second kappa shape index (κ2) is 8.20. The van der Waals surface area contributed by atoms with Crippen LogP contribution in [-0.4, -0.2) is 74.5 Å². The summed E-state index contributed by atoms with van der Waals surface area (Å²) in [6, 6.07) is 10.6. The van der Waals surface area contributed by atoms with Gasteiger partial charge in [0.1, 0.15) is 0 Å². The third-order valence-corrected chi connectivity index (χ3v) is 7.87. The van der Waals surface area contributed by atoms with Crippen LogP contribution in [0.3, 0.4) is 0 Å². The number of fused-ring (bicyclic) bond motifs is 1. The quantitative estimate of drug-likeness (QED) is 0.792. The van der Waals surface area contributed by atoms with E-state index in [0.717, 1.165) is 36.7 Å². The van der Waals surface area contributed by atoms with E-state index in [1.807, 2.05) is 12.1 Å². The van der Waals surface area contributed by atoms with Gasteiger partial charge in [-0.25, -0.2) is 13.4 Å². The molecule has 4 rings (SSSR count). The maximum absolute atomic E-state index is 13.1. The lowest BCUT2D eigenvalue weighted by molar-refractivity contribution is -0.156. The minimum atomic E-state index is -3.75. The Hall–Kier alpha value is -1.71. The van der Waals surface area contributed by atoms with Gasteiger partial charge in [0.05, 0.1) is 18.0 Å². The first-order chi connectivity index (χ1) is 13.9. The lowest BCUT2D eigenvalue weighted by atomic mass is 10.1. The Labute approximate surface area is 176 Å². The summed E-state index contributed by atoms with van der Waals surface area (Å²) in [5, 5.41) is 9.29. The molecule has 1 N–H and O–H groups in total. The second-order valence-electron chi connectivity index (χ2n) is 7.56. The lowest BCUT2D eigenvalue weighted by Crippen LogP contribution is -2.60. The number of carbonyl (C=O) groups excluding carboxylic acids is 1. The van der Waals surface area contributed by atoms with Crippen molar-refractivity contribution in [3.05, 3.63) is 41.4 Å². The number of amides is 1. The number of benzene rings is 2. The molecular formula is C20H25ClN4O3S. The number of hydrogen-bond donors (Lipinski definition) is 1. The van der Waals surface area contributed by atoms with Crippen molar-refractivity contribution in [1.29, 1.82) is 0 Å². The van der Waals surface area contributed by atoms with Crippen LogP contribution in [0.25, 0.3) is 10.8 Å². The number of piperidine rings is 1. The van der Waals surface area contributed by atoms with Gasteiger partial charge < -0.3 is 5.32 Å². The predicted molar refractivity (Wildman–Crippen MR) is 113 cm³/mol. The van der Waals surface area contributed by atoms with Gasteiger partial charge in [-0.2, -0.15) is 4.31 Å². The summed E-state index contributed by atoms with van der Waals surface area (Å²) in [5.74, 6) is -0.187. The molecule has 2 saturated heterocycles. The van der Waals surface area contributed by atoms with E-state index in [1.165, 1.54) is 4.31 Å². The summed E-state index contributed by atoms with van der Waals surface area (Å²) in [5.41, 5.74) is 0. The largest absolute Gasteiger partial charge is 0.317 e. The molecule has 29 heavy (non-hydrogen) atoms. The average molecular weight is 437 g/mol. The average Bonchev–Trinajstić information content (AvgIpc) is 2.73. The minimum Gasteiger partial charge on any atom is -0.317 e. The molecule has 7 nitrogen and oxygen atoms in total. The van der Waals surface area contributed by atoms with E-state index in [-0.39, 0.29) is 23.9 Å². The van der Waals surface area contributed by atoms with Crippen molar-refractivity contribution in [2.24, 2.45) is 0 Å². The summed E-state index contributed by atoms with van der Waals surface area (Å²) < 4.78 is 27.5. The van der Waals surface area contributed by atoms with Crippen molar-refractivity contribution in [3.8, 4) is 0 Å². The predicted octanol–water partition coefficient (Wildman–Crippen LogP) is 1.92. The Morgan fingerprint density at radius 3 is 2.48 bits per heavy atom. The van der Waals surface area contributed by atoms with Crippen LogP contribution in [0.1, 0.15) is 12.8 Å². The molecule has 0 atom stereocenters. The maximum Gasteiger partial charge on any atom is 0.252 e. The number of carbonyl (C=O) groups is 1. The molecule has 9 heteroatoms. The van der Waals surface area contributed by atoms with Gasteiger partial charge in [0, 0.05) is 24.7 Å². The van der Waals surface area contributed by atoms with Crippen molar-refractivity contribution in [2.75, 3.05) is 39.8 Å². The highest BCUT2D eigenvalue weighted by molar-refractivity contribution is 7.89. The zero-order chi connectivity index (χ0) is 20.6. The topological polar surface area (TPSA) is 73.0 Å². The zero-order valence-corrected chi connectivity index (χ0v) is 17.9. The van der Waals surface area contributed by atoms with Crippen molar-refractivity contribution in [3.63, 3.8) is 0 Å². The fraction of sp³-hybridized carbons (Fsp3) is 0.450. The number of sulfonamides is 1. The number of halogens is 1. The second-order valence-corrected chi connectivity index (χ2v) is 9.94. The number of hydrogen-bond acceptors (Lipinski definition) is 5. The van der Waals surface area contributed by atoms with Crippen LogP contribution in [0, 0.1) is 0 Å². The maximum atomic E-state index is 13.1. The number of hydrazine groups is 1. The first-order valence-corrected chi connectivity index (χ1v) is 11.6. The van der Waals surface area contributed by atoms with Gasteiger partial charge in [-0.1, -0.05) is 23.7 Å². The van der Waals surface area contributed by atoms with Crippen molar-refractivity contribution < 1.29 is 13.2 Å². The molecule has 2 aliphatic rings. The molecule has 2 heterocycles.